The molecule has 0 aliphatic carbocycles. The fourth-order valence-corrected chi connectivity index (χ4v) is 3.79. The van der Waals surface area contributed by atoms with Gasteiger partial charge in [0.05, 0.1) is 17.9 Å². The minimum absolute atomic E-state index is 0.00802. The van der Waals surface area contributed by atoms with E-state index in [4.69, 9.17) is 9.47 Å². The van der Waals surface area contributed by atoms with Crippen LogP contribution in [0.1, 0.15) is 35.0 Å². The van der Waals surface area contributed by atoms with Crippen LogP contribution in [0.4, 0.5) is 0 Å². The molecule has 7 nitrogen and oxygen atoms in total. The highest BCUT2D eigenvalue weighted by molar-refractivity contribution is 7.09. The lowest BCUT2D eigenvalue weighted by Gasteiger charge is -2.21. The number of nitrogens with one attached hydrogen (secondary N) is 1. The summed E-state index contributed by atoms with van der Waals surface area (Å²) in [4.78, 5) is 15.4. The molecule has 0 fully saturated rings. The third-order valence-corrected chi connectivity index (χ3v) is 5.76. The molecule has 164 valence electrons. The van der Waals surface area contributed by atoms with Crippen molar-refractivity contribution >= 4 is 17.3 Å². The number of rotatable bonds is 9. The molecule has 1 atom stereocenters. The molecule has 0 amide bonds. The second-order valence-electron chi connectivity index (χ2n) is 7.07. The molecule has 8 heteroatoms. The number of aliphatic imine (C=N–C) groups is 1. The Bertz CT molecular complexity index is 977. The second kappa shape index (κ2) is 11.4. The molecule has 2 heterocycles. The number of methoxy groups -OCH3 is 1. The topological polar surface area (TPSA) is 71.9 Å². The van der Waals surface area contributed by atoms with E-state index in [1.807, 2.05) is 50.4 Å². The molecule has 0 radical (unpaired) electrons. The van der Waals surface area contributed by atoms with E-state index in [0.717, 1.165) is 33.7 Å². The fourth-order valence-electron chi connectivity index (χ4n) is 2.95. The van der Waals surface area contributed by atoms with Crippen LogP contribution in [-0.4, -0.2) is 42.0 Å². The average Bonchev–Trinajstić information content (AvgIpc) is 3.27. The fraction of sp³-hybridized carbons (Fsp3) is 0.348. The predicted molar refractivity (Wildman–Crippen MR) is 124 cm³/mol. The lowest BCUT2D eigenvalue weighted by atomic mass is 10.2. The van der Waals surface area contributed by atoms with Crippen LogP contribution in [0.2, 0.25) is 0 Å². The summed E-state index contributed by atoms with van der Waals surface area (Å²) in [6.07, 6.45) is 1.78. The van der Waals surface area contributed by atoms with Gasteiger partial charge < -0.3 is 19.7 Å². The van der Waals surface area contributed by atoms with E-state index >= 15 is 0 Å². The predicted octanol–water partition coefficient (Wildman–Crippen LogP) is 4.03. The first-order valence-corrected chi connectivity index (χ1v) is 11.0. The van der Waals surface area contributed by atoms with Crippen molar-refractivity contribution in [3.8, 4) is 5.75 Å². The van der Waals surface area contributed by atoms with Crippen molar-refractivity contribution in [2.24, 2.45) is 4.99 Å². The van der Waals surface area contributed by atoms with E-state index in [0.29, 0.717) is 19.7 Å². The van der Waals surface area contributed by atoms with Crippen molar-refractivity contribution in [3.63, 3.8) is 0 Å². The molecule has 0 bridgehead atoms. The van der Waals surface area contributed by atoms with Gasteiger partial charge in [-0.3, -0.25) is 9.98 Å². The zero-order valence-corrected chi connectivity index (χ0v) is 19.2. The van der Waals surface area contributed by atoms with E-state index < -0.39 is 0 Å². The average molecular weight is 440 g/mol. The first-order chi connectivity index (χ1) is 15.1. The summed E-state index contributed by atoms with van der Waals surface area (Å²) in [5.74, 6) is 1.62. The highest BCUT2D eigenvalue weighted by Crippen LogP contribution is 2.21. The normalized spacial score (nSPS) is 12.5. The summed E-state index contributed by atoms with van der Waals surface area (Å²) in [5.41, 5.74) is 3.01. The van der Waals surface area contributed by atoms with Crippen molar-refractivity contribution in [1.82, 2.24) is 20.2 Å². The van der Waals surface area contributed by atoms with Gasteiger partial charge in [0.2, 0.25) is 0 Å². The summed E-state index contributed by atoms with van der Waals surface area (Å²) >= 11 is 1.62. The van der Waals surface area contributed by atoms with Gasteiger partial charge in [0.15, 0.2) is 5.96 Å². The molecular formula is C23H29N5O2S. The van der Waals surface area contributed by atoms with Gasteiger partial charge in [-0.1, -0.05) is 18.2 Å². The van der Waals surface area contributed by atoms with E-state index in [1.165, 1.54) is 0 Å². The zero-order chi connectivity index (χ0) is 22.1. The molecule has 0 spiro atoms. The summed E-state index contributed by atoms with van der Waals surface area (Å²) in [6, 6.07) is 13.8. The number of benzene rings is 1. The van der Waals surface area contributed by atoms with Crippen LogP contribution in [0.25, 0.3) is 0 Å². The Hall–Kier alpha value is -2.97. The number of hydrogen-bond donors (Lipinski definition) is 1. The number of ether oxygens (including phenoxy) is 2. The summed E-state index contributed by atoms with van der Waals surface area (Å²) in [6.45, 7) is 3.75. The van der Waals surface area contributed by atoms with Gasteiger partial charge in [0.25, 0.3) is 0 Å². The van der Waals surface area contributed by atoms with Gasteiger partial charge in [-0.25, -0.2) is 4.98 Å². The molecule has 0 saturated heterocycles. The van der Waals surface area contributed by atoms with Crippen LogP contribution in [0.3, 0.4) is 0 Å². The van der Waals surface area contributed by atoms with Crippen molar-refractivity contribution in [3.05, 3.63) is 76.0 Å². The van der Waals surface area contributed by atoms with Crippen LogP contribution in [0.5, 0.6) is 5.75 Å². The van der Waals surface area contributed by atoms with E-state index in [-0.39, 0.29) is 6.10 Å². The van der Waals surface area contributed by atoms with Crippen molar-refractivity contribution in [2.75, 3.05) is 21.2 Å². The number of aromatic nitrogens is 2. The van der Waals surface area contributed by atoms with Crippen molar-refractivity contribution in [1.29, 1.82) is 0 Å². The van der Waals surface area contributed by atoms with Crippen LogP contribution < -0.4 is 10.1 Å². The molecule has 3 aromatic rings. The monoisotopic (exact) mass is 439 g/mol. The minimum atomic E-state index is 0.00802. The van der Waals surface area contributed by atoms with Crippen LogP contribution in [0.15, 0.2) is 59.0 Å². The first-order valence-electron chi connectivity index (χ1n) is 10.1. The van der Waals surface area contributed by atoms with Crippen molar-refractivity contribution < 1.29 is 9.47 Å². The van der Waals surface area contributed by atoms with Gasteiger partial charge in [0.1, 0.15) is 23.5 Å². The SMILES string of the molecule is CN=C(NCc1cccc(OCc2ccccn2)c1)N(C)Cc1csc(C(C)OC)n1. The molecule has 0 aliphatic heterocycles. The number of pyridine rings is 1. The summed E-state index contributed by atoms with van der Waals surface area (Å²) < 4.78 is 11.2. The van der Waals surface area contributed by atoms with E-state index in [1.54, 1.807) is 31.7 Å². The Morgan fingerprint density at radius 3 is 2.84 bits per heavy atom. The van der Waals surface area contributed by atoms with Gasteiger partial charge in [-0.05, 0) is 36.8 Å². The quantitative estimate of drug-likeness (QED) is 0.401. The summed E-state index contributed by atoms with van der Waals surface area (Å²) in [5, 5.41) is 6.46. The van der Waals surface area contributed by atoms with Crippen LogP contribution >= 0.6 is 11.3 Å². The third-order valence-electron chi connectivity index (χ3n) is 4.71. The maximum atomic E-state index is 5.87. The molecule has 1 N–H and O–H groups in total. The minimum Gasteiger partial charge on any atom is -0.487 e. The second-order valence-corrected chi connectivity index (χ2v) is 7.96. The Morgan fingerprint density at radius 2 is 2.10 bits per heavy atom. The van der Waals surface area contributed by atoms with Crippen LogP contribution in [-0.2, 0) is 24.4 Å². The number of thiazole rings is 1. The molecule has 3 rings (SSSR count). The van der Waals surface area contributed by atoms with E-state index in [2.05, 4.69) is 36.6 Å². The maximum Gasteiger partial charge on any atom is 0.194 e. The molecular weight excluding hydrogens is 410 g/mol. The number of guanidine groups is 1. The smallest absolute Gasteiger partial charge is 0.194 e. The van der Waals surface area contributed by atoms with Gasteiger partial charge >= 0.3 is 0 Å². The van der Waals surface area contributed by atoms with Crippen LogP contribution in [0, 0.1) is 0 Å². The highest BCUT2D eigenvalue weighted by Gasteiger charge is 2.12. The zero-order valence-electron chi connectivity index (χ0n) is 18.4. The lowest BCUT2D eigenvalue weighted by molar-refractivity contribution is 0.119. The molecule has 1 unspecified atom stereocenters. The third kappa shape index (κ3) is 6.77. The first kappa shape index (κ1) is 22.7. The molecule has 2 aromatic heterocycles. The van der Waals surface area contributed by atoms with E-state index in [9.17, 15) is 0 Å². The van der Waals surface area contributed by atoms with Gasteiger partial charge in [-0.2, -0.15) is 0 Å². The number of nitrogens with zero attached hydrogens (tertiary/aromatic N) is 4. The highest BCUT2D eigenvalue weighted by atomic mass is 32.1. The summed E-state index contributed by atoms with van der Waals surface area (Å²) in [7, 11) is 5.48. The Kier molecular flexibility index (Phi) is 8.37. The maximum absolute atomic E-state index is 5.87. The molecule has 1 aromatic carbocycles. The molecule has 0 aliphatic rings. The Labute approximate surface area is 187 Å². The molecule has 0 saturated carbocycles. The van der Waals surface area contributed by atoms with Gasteiger partial charge in [-0.15, -0.1) is 11.3 Å². The number of hydrogen-bond acceptors (Lipinski definition) is 6. The standard InChI is InChI=1S/C23H29N5O2S/c1-17(29-4)22-27-20(16-31-22)14-28(3)23(24-2)26-13-18-8-7-10-21(12-18)30-15-19-9-5-6-11-25-19/h5-12,16-17H,13-15H2,1-4H3,(H,24,26). The van der Waals surface area contributed by atoms with Crippen molar-refractivity contribution in [2.45, 2.75) is 32.7 Å². The van der Waals surface area contributed by atoms with Gasteiger partial charge in [0, 0.05) is 39.3 Å². The Morgan fingerprint density at radius 1 is 1.23 bits per heavy atom. The molecule has 31 heavy (non-hydrogen) atoms. The largest absolute Gasteiger partial charge is 0.487 e. The Balaban J connectivity index is 1.53. The lowest BCUT2D eigenvalue weighted by Crippen LogP contribution is -2.38.